The van der Waals surface area contributed by atoms with E-state index in [-0.39, 0.29) is 27.6 Å². The summed E-state index contributed by atoms with van der Waals surface area (Å²) in [6.45, 7) is 2.16. The Morgan fingerprint density at radius 3 is 2.26 bits per heavy atom. The molecule has 0 amide bonds. The molecule has 2 nitrogen and oxygen atoms in total. The Balaban J connectivity index is 0.00000261. The average Bonchev–Trinajstić information content (AvgIpc) is 2.61. The third-order valence-electron chi connectivity index (χ3n) is 5.05. The molecule has 27 heavy (non-hydrogen) atoms. The molecule has 1 fully saturated rings. The van der Waals surface area contributed by atoms with Gasteiger partial charge in [-0.15, -0.1) is 17.0 Å². The monoisotopic (exact) mass is 463 g/mol. The second kappa shape index (κ2) is 8.95. The number of rotatable bonds is 4. The Kier molecular flexibility index (Phi) is 7.36. The van der Waals surface area contributed by atoms with Crippen molar-refractivity contribution >= 4 is 28.6 Å². The van der Waals surface area contributed by atoms with Gasteiger partial charge >= 0.3 is 6.18 Å². The first kappa shape index (κ1) is 22.2. The molecule has 0 atom stereocenters. The van der Waals surface area contributed by atoms with Gasteiger partial charge in [-0.05, 0) is 42.5 Å². The van der Waals surface area contributed by atoms with E-state index in [4.69, 9.17) is 11.6 Å². The van der Waals surface area contributed by atoms with E-state index in [0.717, 1.165) is 19.0 Å². The number of nitrogens with zero attached hydrogens (tertiary/aromatic N) is 1. The van der Waals surface area contributed by atoms with E-state index >= 15 is 0 Å². The van der Waals surface area contributed by atoms with Gasteiger partial charge in [0.15, 0.2) is 0 Å². The first-order valence-electron chi connectivity index (χ1n) is 8.64. The van der Waals surface area contributed by atoms with Crippen LogP contribution in [0, 0.1) is 0 Å². The van der Waals surface area contributed by atoms with Gasteiger partial charge in [0.1, 0.15) is 0 Å². The highest BCUT2D eigenvalue weighted by Gasteiger charge is 2.38. The normalized spacial score (nSPS) is 17.4. The van der Waals surface area contributed by atoms with Crippen LogP contribution >= 0.6 is 28.6 Å². The maximum Gasteiger partial charge on any atom is 0.417 e. The molecule has 148 valence electrons. The van der Waals surface area contributed by atoms with E-state index in [0.29, 0.717) is 25.9 Å². The zero-order valence-corrected chi connectivity index (χ0v) is 17.1. The van der Waals surface area contributed by atoms with Gasteiger partial charge in [0, 0.05) is 19.6 Å². The number of likely N-dealkylation sites (tertiary alicyclic amines) is 1. The van der Waals surface area contributed by atoms with E-state index in [1.807, 2.05) is 18.2 Å². The van der Waals surface area contributed by atoms with E-state index in [1.165, 1.54) is 17.7 Å². The molecule has 0 unspecified atom stereocenters. The zero-order chi connectivity index (χ0) is 18.8. The number of benzene rings is 2. The molecule has 1 aliphatic heterocycles. The van der Waals surface area contributed by atoms with Crippen molar-refractivity contribution in [2.75, 3.05) is 19.6 Å². The van der Waals surface area contributed by atoms with Crippen molar-refractivity contribution < 1.29 is 18.3 Å². The molecule has 1 saturated heterocycles. The molecule has 0 bridgehead atoms. The topological polar surface area (TPSA) is 23.5 Å². The van der Waals surface area contributed by atoms with Gasteiger partial charge in [-0.25, -0.2) is 0 Å². The summed E-state index contributed by atoms with van der Waals surface area (Å²) in [7, 11) is 0. The average molecular weight is 465 g/mol. The van der Waals surface area contributed by atoms with Crippen molar-refractivity contribution in [3.8, 4) is 0 Å². The molecule has 0 radical (unpaired) electrons. The summed E-state index contributed by atoms with van der Waals surface area (Å²) in [5.41, 5.74) is -0.595. The second-order valence-corrected chi connectivity index (χ2v) is 7.21. The third-order valence-corrected chi connectivity index (χ3v) is 5.38. The second-order valence-electron chi connectivity index (χ2n) is 6.80. The highest BCUT2D eigenvalue weighted by Crippen LogP contribution is 2.39. The Morgan fingerprint density at radius 1 is 1.04 bits per heavy atom. The summed E-state index contributed by atoms with van der Waals surface area (Å²) in [4.78, 5) is 2.24. The molecular weight excluding hydrogens is 443 g/mol. The lowest BCUT2D eigenvalue weighted by Gasteiger charge is -2.39. The molecule has 0 saturated carbocycles. The molecule has 2 aromatic rings. The number of alkyl halides is 3. The van der Waals surface area contributed by atoms with Gasteiger partial charge in [-0.1, -0.05) is 48.0 Å². The maximum absolute atomic E-state index is 13.1. The molecular formula is C20H22BrClF3NO. The van der Waals surface area contributed by atoms with Crippen LogP contribution in [0.2, 0.25) is 5.02 Å². The number of hydrogen-bond donors (Lipinski definition) is 1. The number of piperidine rings is 1. The van der Waals surface area contributed by atoms with Crippen LogP contribution in [0.5, 0.6) is 0 Å². The largest absolute Gasteiger partial charge is 0.417 e. The fourth-order valence-electron chi connectivity index (χ4n) is 3.40. The summed E-state index contributed by atoms with van der Waals surface area (Å²) in [6.07, 6.45) is -2.81. The smallest absolute Gasteiger partial charge is 0.385 e. The van der Waals surface area contributed by atoms with Crippen LogP contribution in [-0.2, 0) is 18.2 Å². The van der Waals surface area contributed by atoms with E-state index in [1.54, 1.807) is 0 Å². The summed E-state index contributed by atoms with van der Waals surface area (Å²) in [5.74, 6) is 0. The van der Waals surface area contributed by atoms with Crippen LogP contribution in [0.15, 0.2) is 48.5 Å². The molecule has 1 heterocycles. The molecule has 1 aliphatic rings. The number of aliphatic hydroxyl groups is 1. The zero-order valence-electron chi connectivity index (χ0n) is 14.7. The van der Waals surface area contributed by atoms with E-state index in [2.05, 4.69) is 17.0 Å². The van der Waals surface area contributed by atoms with Crippen molar-refractivity contribution in [3.05, 3.63) is 70.2 Å². The first-order chi connectivity index (χ1) is 12.3. The Morgan fingerprint density at radius 2 is 1.67 bits per heavy atom. The minimum absolute atomic E-state index is 0. The van der Waals surface area contributed by atoms with Crippen molar-refractivity contribution in [3.63, 3.8) is 0 Å². The van der Waals surface area contributed by atoms with Gasteiger partial charge in [-0.3, -0.25) is 0 Å². The number of hydrogen-bond acceptors (Lipinski definition) is 2. The quantitative estimate of drug-likeness (QED) is 0.649. The van der Waals surface area contributed by atoms with Crippen LogP contribution in [0.3, 0.4) is 0 Å². The molecule has 7 heteroatoms. The third kappa shape index (κ3) is 5.47. The van der Waals surface area contributed by atoms with Crippen LogP contribution in [0.4, 0.5) is 13.2 Å². The molecule has 0 spiro atoms. The van der Waals surface area contributed by atoms with Crippen molar-refractivity contribution in [2.24, 2.45) is 0 Å². The molecule has 0 aliphatic carbocycles. The Labute approximate surface area is 172 Å². The van der Waals surface area contributed by atoms with Gasteiger partial charge in [0.05, 0.1) is 16.2 Å². The van der Waals surface area contributed by atoms with Gasteiger partial charge < -0.3 is 10.0 Å². The predicted octanol–water partition coefficient (Wildman–Crippen LogP) is 5.46. The molecule has 0 aromatic heterocycles. The van der Waals surface area contributed by atoms with Gasteiger partial charge in [0.2, 0.25) is 0 Å². The van der Waals surface area contributed by atoms with Crippen LogP contribution < -0.4 is 0 Å². The minimum atomic E-state index is -4.53. The molecule has 3 rings (SSSR count). The van der Waals surface area contributed by atoms with E-state index in [9.17, 15) is 18.3 Å². The first-order valence-corrected chi connectivity index (χ1v) is 9.02. The maximum atomic E-state index is 13.1. The van der Waals surface area contributed by atoms with E-state index < -0.39 is 17.3 Å². The number of halogens is 5. The SMILES string of the molecule is Br.OC1(c2ccc(Cl)c(C(F)(F)F)c2)CCN(CCc2ccccc2)CC1. The standard InChI is InChI=1S/C20H21ClF3NO.BrH/c21-18-7-6-16(14-17(18)20(22,23)24)19(26)9-12-25(13-10-19)11-8-15-4-2-1-3-5-15;/h1-7,14,26H,8-13H2;1H. The fraction of sp³-hybridized carbons (Fsp3) is 0.400. The van der Waals surface area contributed by atoms with Crippen LogP contribution in [0.1, 0.15) is 29.5 Å². The summed E-state index contributed by atoms with van der Waals surface area (Å²) < 4.78 is 39.2. The lowest BCUT2D eigenvalue weighted by Crippen LogP contribution is -2.43. The Hall–Kier alpha value is -1.08. The van der Waals surface area contributed by atoms with Crippen molar-refractivity contribution in [1.82, 2.24) is 4.90 Å². The van der Waals surface area contributed by atoms with Crippen LogP contribution in [0.25, 0.3) is 0 Å². The lowest BCUT2D eigenvalue weighted by atomic mass is 9.83. The summed E-state index contributed by atoms with van der Waals surface area (Å²) >= 11 is 5.68. The molecule has 1 N–H and O–H groups in total. The van der Waals surface area contributed by atoms with Crippen LogP contribution in [-0.4, -0.2) is 29.6 Å². The summed E-state index contributed by atoms with van der Waals surface area (Å²) in [6, 6.07) is 13.8. The Bertz CT molecular complexity index is 747. The highest BCUT2D eigenvalue weighted by molar-refractivity contribution is 8.93. The lowest BCUT2D eigenvalue weighted by molar-refractivity contribution is -0.137. The molecule has 2 aromatic carbocycles. The minimum Gasteiger partial charge on any atom is -0.385 e. The highest BCUT2D eigenvalue weighted by atomic mass is 79.9. The van der Waals surface area contributed by atoms with Crippen molar-refractivity contribution in [2.45, 2.75) is 31.0 Å². The van der Waals surface area contributed by atoms with Gasteiger partial charge in [0.25, 0.3) is 0 Å². The predicted molar refractivity (Wildman–Crippen MR) is 106 cm³/mol. The fourth-order valence-corrected chi connectivity index (χ4v) is 3.62. The van der Waals surface area contributed by atoms with Crippen molar-refractivity contribution in [1.29, 1.82) is 0 Å². The summed E-state index contributed by atoms with van der Waals surface area (Å²) in [5, 5.41) is 10.5. The van der Waals surface area contributed by atoms with Gasteiger partial charge in [-0.2, -0.15) is 13.2 Å².